The molecule has 7 nitrogen and oxygen atoms in total. The first-order valence-corrected chi connectivity index (χ1v) is 5.62. The summed E-state index contributed by atoms with van der Waals surface area (Å²) < 4.78 is 2.00. The zero-order valence-corrected chi connectivity index (χ0v) is 10.3. The first-order valence-electron chi connectivity index (χ1n) is 5.62. The molecule has 2 aromatic heterocycles. The molecule has 92 valence electrons. The highest BCUT2D eigenvalue weighted by molar-refractivity contribution is 5.06. The molecule has 0 bridgehead atoms. The molecule has 2 N–H and O–H groups in total. The molecule has 2 heterocycles. The third kappa shape index (κ3) is 3.10. The van der Waals surface area contributed by atoms with Gasteiger partial charge >= 0.3 is 0 Å². The maximum absolute atomic E-state index is 4.42. The molecule has 0 saturated carbocycles. The van der Waals surface area contributed by atoms with E-state index >= 15 is 0 Å². The summed E-state index contributed by atoms with van der Waals surface area (Å²) in [7, 11) is 0. The Balaban J connectivity index is 1.85. The lowest BCUT2D eigenvalue weighted by atomic mass is 10.3. The minimum Gasteiger partial charge on any atom is -0.305 e. The molecule has 0 saturated heterocycles. The van der Waals surface area contributed by atoms with Crippen molar-refractivity contribution in [3.63, 3.8) is 0 Å². The van der Waals surface area contributed by atoms with Gasteiger partial charge in [-0.2, -0.15) is 10.3 Å². The Labute approximate surface area is 99.6 Å². The van der Waals surface area contributed by atoms with E-state index in [2.05, 4.69) is 51.0 Å². The third-order valence-corrected chi connectivity index (χ3v) is 2.55. The molecule has 0 aliphatic rings. The zero-order chi connectivity index (χ0) is 12.3. The van der Waals surface area contributed by atoms with Crippen molar-refractivity contribution in [1.29, 1.82) is 0 Å². The molecule has 7 heteroatoms. The van der Waals surface area contributed by atoms with Gasteiger partial charge in [-0.3, -0.25) is 4.68 Å². The molecular formula is C10H17N7. The van der Waals surface area contributed by atoms with Gasteiger partial charge in [-0.15, -0.1) is 10.2 Å². The van der Waals surface area contributed by atoms with E-state index in [0.29, 0.717) is 18.4 Å². The van der Waals surface area contributed by atoms with E-state index in [4.69, 9.17) is 0 Å². The van der Waals surface area contributed by atoms with E-state index in [9.17, 15) is 0 Å². The van der Waals surface area contributed by atoms with Crippen molar-refractivity contribution in [2.24, 2.45) is 0 Å². The van der Waals surface area contributed by atoms with Crippen LogP contribution in [0.4, 0.5) is 0 Å². The van der Waals surface area contributed by atoms with Crippen LogP contribution in [-0.2, 0) is 13.1 Å². The highest BCUT2D eigenvalue weighted by atomic mass is 15.5. The molecule has 17 heavy (non-hydrogen) atoms. The smallest absolute Gasteiger partial charge is 0.188 e. The van der Waals surface area contributed by atoms with Crippen molar-refractivity contribution in [3.8, 4) is 0 Å². The monoisotopic (exact) mass is 235 g/mol. The Morgan fingerprint density at radius 2 is 2.29 bits per heavy atom. The molecule has 0 amide bonds. The molecule has 0 aliphatic carbocycles. The standard InChI is InChI=1S/C10H17N7/c1-7-4-9(3)17(14-7)6-8(2)11-5-10-12-15-16-13-10/h4,8,11H,5-6H2,1-3H3,(H,12,13,15,16). The highest BCUT2D eigenvalue weighted by Gasteiger charge is 2.07. The van der Waals surface area contributed by atoms with Gasteiger partial charge in [0, 0.05) is 11.7 Å². The summed E-state index contributed by atoms with van der Waals surface area (Å²) in [5.74, 6) is 0.671. The molecule has 0 spiro atoms. The Morgan fingerprint density at radius 1 is 1.47 bits per heavy atom. The van der Waals surface area contributed by atoms with Gasteiger partial charge in [0.1, 0.15) is 0 Å². The number of tetrazole rings is 1. The molecular weight excluding hydrogens is 218 g/mol. The van der Waals surface area contributed by atoms with Crippen molar-refractivity contribution in [2.75, 3.05) is 0 Å². The summed E-state index contributed by atoms with van der Waals surface area (Å²) in [5.41, 5.74) is 2.23. The SMILES string of the molecule is Cc1cc(C)n(CC(C)NCc2nn[nH]n2)n1. The second kappa shape index (κ2) is 5.05. The number of aromatic amines is 1. The summed E-state index contributed by atoms with van der Waals surface area (Å²) in [5, 5.41) is 21.5. The number of hydrogen-bond donors (Lipinski definition) is 2. The maximum Gasteiger partial charge on any atom is 0.188 e. The first-order chi connectivity index (χ1) is 8.15. The van der Waals surface area contributed by atoms with E-state index < -0.39 is 0 Å². The lowest BCUT2D eigenvalue weighted by Gasteiger charge is -2.13. The quantitative estimate of drug-likeness (QED) is 0.773. The lowest BCUT2D eigenvalue weighted by Crippen LogP contribution is -2.31. The van der Waals surface area contributed by atoms with E-state index in [1.165, 1.54) is 5.69 Å². The second-order valence-corrected chi connectivity index (χ2v) is 4.22. The van der Waals surface area contributed by atoms with Gasteiger partial charge in [0.15, 0.2) is 5.82 Å². The normalized spacial score (nSPS) is 12.9. The predicted molar refractivity (Wildman–Crippen MR) is 62.2 cm³/mol. The summed E-state index contributed by atoms with van der Waals surface area (Å²) in [6.07, 6.45) is 0. The van der Waals surface area contributed by atoms with Crippen LogP contribution in [0.3, 0.4) is 0 Å². The molecule has 1 atom stereocenters. The number of hydrogen-bond acceptors (Lipinski definition) is 5. The number of H-pyrrole nitrogens is 1. The minimum absolute atomic E-state index is 0.298. The van der Waals surface area contributed by atoms with Crippen LogP contribution in [0.5, 0.6) is 0 Å². The van der Waals surface area contributed by atoms with Crippen LogP contribution >= 0.6 is 0 Å². The van der Waals surface area contributed by atoms with Crippen molar-refractivity contribution in [3.05, 3.63) is 23.3 Å². The number of nitrogens with one attached hydrogen (secondary N) is 2. The summed E-state index contributed by atoms with van der Waals surface area (Å²) >= 11 is 0. The molecule has 0 radical (unpaired) electrons. The Kier molecular flexibility index (Phi) is 3.48. The Bertz CT molecular complexity index is 459. The topological polar surface area (TPSA) is 84.3 Å². The van der Waals surface area contributed by atoms with Crippen molar-refractivity contribution < 1.29 is 0 Å². The maximum atomic E-state index is 4.42. The average Bonchev–Trinajstić information content (AvgIpc) is 2.87. The van der Waals surface area contributed by atoms with Gasteiger partial charge in [-0.25, -0.2) is 0 Å². The van der Waals surface area contributed by atoms with Crippen LogP contribution in [0.15, 0.2) is 6.07 Å². The number of aromatic nitrogens is 6. The first kappa shape index (κ1) is 11.7. The summed E-state index contributed by atoms with van der Waals surface area (Å²) in [4.78, 5) is 0. The predicted octanol–water partition coefficient (Wildman–Crippen LogP) is 0.191. The minimum atomic E-state index is 0.298. The highest BCUT2D eigenvalue weighted by Crippen LogP contribution is 2.02. The van der Waals surface area contributed by atoms with Crippen molar-refractivity contribution >= 4 is 0 Å². The van der Waals surface area contributed by atoms with E-state index in [1.54, 1.807) is 0 Å². The van der Waals surface area contributed by atoms with E-state index in [1.807, 2.05) is 11.6 Å². The van der Waals surface area contributed by atoms with Crippen LogP contribution in [0.2, 0.25) is 0 Å². The van der Waals surface area contributed by atoms with Gasteiger partial charge in [0.25, 0.3) is 0 Å². The van der Waals surface area contributed by atoms with Crippen molar-refractivity contribution in [2.45, 2.75) is 39.9 Å². The van der Waals surface area contributed by atoms with E-state index in [-0.39, 0.29) is 0 Å². The third-order valence-electron chi connectivity index (χ3n) is 2.55. The summed E-state index contributed by atoms with van der Waals surface area (Å²) in [6, 6.07) is 2.37. The lowest BCUT2D eigenvalue weighted by molar-refractivity contribution is 0.439. The fourth-order valence-corrected chi connectivity index (χ4v) is 1.71. The average molecular weight is 235 g/mol. The second-order valence-electron chi connectivity index (χ2n) is 4.22. The zero-order valence-electron chi connectivity index (χ0n) is 10.3. The largest absolute Gasteiger partial charge is 0.305 e. The van der Waals surface area contributed by atoms with Crippen LogP contribution in [0.25, 0.3) is 0 Å². The van der Waals surface area contributed by atoms with Gasteiger partial charge < -0.3 is 5.32 Å². The summed E-state index contributed by atoms with van der Waals surface area (Å²) in [6.45, 7) is 7.61. The Morgan fingerprint density at radius 3 is 2.88 bits per heavy atom. The molecule has 1 unspecified atom stereocenters. The van der Waals surface area contributed by atoms with Crippen LogP contribution in [-0.4, -0.2) is 36.4 Å². The van der Waals surface area contributed by atoms with Gasteiger partial charge in [-0.05, 0) is 26.8 Å². The van der Waals surface area contributed by atoms with Crippen LogP contribution in [0.1, 0.15) is 24.1 Å². The van der Waals surface area contributed by atoms with Gasteiger partial charge in [0.05, 0.1) is 18.8 Å². The molecule has 0 fully saturated rings. The van der Waals surface area contributed by atoms with Crippen molar-refractivity contribution in [1.82, 2.24) is 35.7 Å². The number of aryl methyl sites for hydroxylation is 2. The Hall–Kier alpha value is -1.76. The van der Waals surface area contributed by atoms with Crippen LogP contribution < -0.4 is 5.32 Å². The molecule has 0 aliphatic heterocycles. The molecule has 2 rings (SSSR count). The van der Waals surface area contributed by atoms with Gasteiger partial charge in [0.2, 0.25) is 0 Å². The number of nitrogens with zero attached hydrogens (tertiary/aromatic N) is 5. The molecule has 2 aromatic rings. The fourth-order valence-electron chi connectivity index (χ4n) is 1.71. The number of rotatable bonds is 5. The molecule has 0 aromatic carbocycles. The fraction of sp³-hybridized carbons (Fsp3) is 0.600. The van der Waals surface area contributed by atoms with Crippen LogP contribution in [0, 0.1) is 13.8 Å². The van der Waals surface area contributed by atoms with E-state index in [0.717, 1.165) is 12.2 Å². The van der Waals surface area contributed by atoms with Gasteiger partial charge in [-0.1, -0.05) is 5.21 Å².